The van der Waals surface area contributed by atoms with Crippen molar-refractivity contribution in [3.63, 3.8) is 0 Å². The van der Waals surface area contributed by atoms with Gasteiger partial charge in [0.05, 0.1) is 11.2 Å². The summed E-state index contributed by atoms with van der Waals surface area (Å²) in [4.78, 5) is 37.4. The largest absolute Gasteiger partial charge is 0.445 e. The van der Waals surface area contributed by atoms with Crippen LogP contribution < -0.4 is 0 Å². The van der Waals surface area contributed by atoms with Crippen LogP contribution in [-0.2, 0) is 11.2 Å². The van der Waals surface area contributed by atoms with E-state index in [2.05, 4.69) is 9.97 Å². The summed E-state index contributed by atoms with van der Waals surface area (Å²) in [5, 5.41) is 0. The average molecular weight is 392 g/mol. The number of nitrogens with zero attached hydrogens (tertiary/aromatic N) is 4. The number of hydrogen-bond acceptors (Lipinski definition) is 7. The highest BCUT2D eigenvalue weighted by molar-refractivity contribution is 7.11. The van der Waals surface area contributed by atoms with E-state index in [4.69, 9.17) is 9.15 Å². The normalized spacial score (nSPS) is 16.5. The molecule has 0 bridgehead atoms. The molecule has 2 amide bonds. The van der Waals surface area contributed by atoms with Crippen LogP contribution in [0.25, 0.3) is 0 Å². The van der Waals surface area contributed by atoms with E-state index in [1.807, 2.05) is 6.92 Å². The Hall–Kier alpha value is -2.26. The van der Waals surface area contributed by atoms with Crippen molar-refractivity contribution >= 4 is 23.2 Å². The molecule has 0 spiro atoms. The average Bonchev–Trinajstić information content (AvgIpc) is 3.43. The van der Waals surface area contributed by atoms with Crippen molar-refractivity contribution in [2.45, 2.75) is 32.3 Å². The molecule has 146 valence electrons. The first-order valence-corrected chi connectivity index (χ1v) is 9.89. The maximum Gasteiger partial charge on any atom is 0.276 e. The number of ether oxygens (including phenoxy) is 1. The molecule has 3 rings (SSSR count). The van der Waals surface area contributed by atoms with Crippen LogP contribution in [0.5, 0.6) is 0 Å². The van der Waals surface area contributed by atoms with Crippen molar-refractivity contribution in [2.24, 2.45) is 0 Å². The van der Waals surface area contributed by atoms with Gasteiger partial charge in [-0.3, -0.25) is 9.59 Å². The lowest BCUT2D eigenvalue weighted by molar-refractivity contribution is 0.0699. The first-order chi connectivity index (χ1) is 13.0. The maximum absolute atomic E-state index is 12.7. The fourth-order valence-electron chi connectivity index (χ4n) is 2.98. The molecule has 2 aromatic heterocycles. The van der Waals surface area contributed by atoms with Crippen molar-refractivity contribution in [1.82, 2.24) is 19.8 Å². The second-order valence-electron chi connectivity index (χ2n) is 6.50. The zero-order chi connectivity index (χ0) is 19.4. The summed E-state index contributed by atoms with van der Waals surface area (Å²) >= 11 is 1.35. The molecule has 0 aliphatic carbocycles. The minimum atomic E-state index is -0.234. The van der Waals surface area contributed by atoms with Gasteiger partial charge >= 0.3 is 0 Å². The molecular weight excluding hydrogens is 368 g/mol. The number of likely N-dealkylation sites (N-methyl/N-ethyl adjacent to an activating group) is 2. The second kappa shape index (κ2) is 8.62. The SMILES string of the molecule is CCc1ncsc1C(=O)N(C)CCN(C)C(=O)c1ncoc1C1CCCO1. The molecule has 27 heavy (non-hydrogen) atoms. The molecular formula is C18H24N4O4S. The Labute approximate surface area is 162 Å². The second-order valence-corrected chi connectivity index (χ2v) is 7.36. The summed E-state index contributed by atoms with van der Waals surface area (Å²) in [6.45, 7) is 3.44. The van der Waals surface area contributed by atoms with Crippen LogP contribution in [-0.4, -0.2) is 65.4 Å². The number of hydrogen-bond donors (Lipinski definition) is 0. The van der Waals surface area contributed by atoms with Crippen LogP contribution in [0.3, 0.4) is 0 Å². The molecule has 1 atom stereocenters. The topological polar surface area (TPSA) is 88.8 Å². The number of thiazole rings is 1. The third-order valence-corrected chi connectivity index (χ3v) is 5.51. The number of amides is 2. The number of aryl methyl sites for hydroxylation is 1. The van der Waals surface area contributed by atoms with Crippen molar-refractivity contribution in [1.29, 1.82) is 0 Å². The fraction of sp³-hybridized carbons (Fsp3) is 0.556. The van der Waals surface area contributed by atoms with Crippen LogP contribution in [0, 0.1) is 0 Å². The Kier molecular flexibility index (Phi) is 6.22. The molecule has 0 saturated carbocycles. The minimum absolute atomic E-state index is 0.0725. The predicted octanol–water partition coefficient (Wildman–Crippen LogP) is 2.39. The van der Waals surface area contributed by atoms with Crippen molar-refractivity contribution < 1.29 is 18.7 Å². The zero-order valence-electron chi connectivity index (χ0n) is 15.8. The van der Waals surface area contributed by atoms with Crippen LogP contribution in [0.15, 0.2) is 16.3 Å². The number of aromatic nitrogens is 2. The van der Waals surface area contributed by atoms with Gasteiger partial charge in [-0.2, -0.15) is 0 Å². The van der Waals surface area contributed by atoms with Crippen LogP contribution >= 0.6 is 11.3 Å². The Morgan fingerprint density at radius 1 is 1.22 bits per heavy atom. The molecule has 8 nitrogen and oxygen atoms in total. The molecule has 1 unspecified atom stereocenters. The summed E-state index contributed by atoms with van der Waals surface area (Å²) < 4.78 is 11.0. The van der Waals surface area contributed by atoms with Gasteiger partial charge in [-0.15, -0.1) is 11.3 Å². The van der Waals surface area contributed by atoms with Crippen molar-refractivity contribution in [2.75, 3.05) is 33.8 Å². The summed E-state index contributed by atoms with van der Waals surface area (Å²) in [6, 6.07) is 0. The van der Waals surface area contributed by atoms with E-state index < -0.39 is 0 Å². The molecule has 1 aliphatic heterocycles. The first-order valence-electron chi connectivity index (χ1n) is 9.01. The van der Waals surface area contributed by atoms with Gasteiger partial charge in [0, 0.05) is 33.8 Å². The van der Waals surface area contributed by atoms with Crippen molar-refractivity contribution in [3.05, 3.63) is 33.9 Å². The fourth-order valence-corrected chi connectivity index (χ4v) is 3.86. The van der Waals surface area contributed by atoms with Crippen LogP contribution in [0.4, 0.5) is 0 Å². The van der Waals surface area contributed by atoms with Gasteiger partial charge in [-0.1, -0.05) is 6.92 Å². The quantitative estimate of drug-likeness (QED) is 0.719. The Bertz CT molecular complexity index is 797. The lowest BCUT2D eigenvalue weighted by atomic mass is 10.1. The predicted molar refractivity (Wildman–Crippen MR) is 99.8 cm³/mol. The molecule has 1 aliphatic rings. The molecule has 0 radical (unpaired) electrons. The lowest BCUT2D eigenvalue weighted by Gasteiger charge is -2.22. The number of carbonyl (C=O) groups excluding carboxylic acids is 2. The zero-order valence-corrected chi connectivity index (χ0v) is 16.6. The van der Waals surface area contributed by atoms with Gasteiger partial charge in [0.15, 0.2) is 17.8 Å². The summed E-state index contributed by atoms with van der Waals surface area (Å²) in [7, 11) is 3.42. The molecule has 0 aromatic carbocycles. The summed E-state index contributed by atoms with van der Waals surface area (Å²) in [6.07, 6.45) is 3.56. The molecule has 3 heterocycles. The van der Waals surface area contributed by atoms with E-state index in [1.165, 1.54) is 17.7 Å². The van der Waals surface area contributed by atoms with E-state index in [0.717, 1.165) is 25.0 Å². The smallest absolute Gasteiger partial charge is 0.276 e. The van der Waals surface area contributed by atoms with Gasteiger partial charge in [0.1, 0.15) is 11.0 Å². The molecule has 0 N–H and O–H groups in total. The molecule has 2 aromatic rings. The van der Waals surface area contributed by atoms with E-state index >= 15 is 0 Å². The third kappa shape index (κ3) is 4.19. The highest BCUT2D eigenvalue weighted by Gasteiger charge is 2.29. The standard InChI is InChI=1S/C18H24N4O4S/c1-4-12-16(27-11-20-12)18(24)22(3)8-7-21(2)17(23)14-15(26-10-19-14)13-6-5-9-25-13/h10-11,13H,4-9H2,1-3H3. The Morgan fingerprint density at radius 3 is 2.63 bits per heavy atom. The summed E-state index contributed by atoms with van der Waals surface area (Å²) in [5.74, 6) is 0.185. The van der Waals surface area contributed by atoms with Gasteiger partial charge in [0.25, 0.3) is 11.8 Å². The lowest BCUT2D eigenvalue weighted by Crippen LogP contribution is -2.37. The van der Waals surface area contributed by atoms with Crippen LogP contribution in [0.2, 0.25) is 0 Å². The third-order valence-electron chi connectivity index (χ3n) is 4.65. The Balaban J connectivity index is 1.59. The van der Waals surface area contributed by atoms with Crippen LogP contribution in [0.1, 0.15) is 57.5 Å². The number of carbonyl (C=O) groups is 2. The Morgan fingerprint density at radius 2 is 1.96 bits per heavy atom. The van der Waals surface area contributed by atoms with E-state index in [9.17, 15) is 9.59 Å². The minimum Gasteiger partial charge on any atom is -0.445 e. The number of rotatable bonds is 7. The highest BCUT2D eigenvalue weighted by atomic mass is 32.1. The summed E-state index contributed by atoms with van der Waals surface area (Å²) in [5.41, 5.74) is 2.78. The first kappa shape index (κ1) is 19.5. The van der Waals surface area contributed by atoms with Gasteiger partial charge < -0.3 is 19.0 Å². The molecule has 1 saturated heterocycles. The van der Waals surface area contributed by atoms with Gasteiger partial charge in [-0.25, -0.2) is 9.97 Å². The van der Waals surface area contributed by atoms with Gasteiger partial charge in [0.2, 0.25) is 0 Å². The van der Waals surface area contributed by atoms with E-state index in [0.29, 0.717) is 30.3 Å². The van der Waals surface area contributed by atoms with Gasteiger partial charge in [-0.05, 0) is 19.3 Å². The van der Waals surface area contributed by atoms with E-state index in [-0.39, 0.29) is 23.6 Å². The number of oxazole rings is 1. The maximum atomic E-state index is 12.7. The van der Waals surface area contributed by atoms with E-state index in [1.54, 1.807) is 29.4 Å². The monoisotopic (exact) mass is 392 g/mol. The molecule has 1 fully saturated rings. The highest BCUT2D eigenvalue weighted by Crippen LogP contribution is 2.30. The van der Waals surface area contributed by atoms with Crippen molar-refractivity contribution in [3.8, 4) is 0 Å². The molecule has 9 heteroatoms.